The predicted molar refractivity (Wildman–Crippen MR) is 48.9 cm³/mol. The summed E-state index contributed by atoms with van der Waals surface area (Å²) in [6, 6.07) is 0.463. The second kappa shape index (κ2) is 3.75. The van der Waals surface area contributed by atoms with Gasteiger partial charge in [0.15, 0.2) is 0 Å². The normalized spacial score (nSPS) is 43.2. The molecular weight excluding hydrogens is 150 g/mol. The number of ether oxygens (including phenoxy) is 1. The second-order valence-electron chi connectivity index (χ2n) is 4.24. The minimum Gasteiger partial charge on any atom is -0.381 e. The zero-order valence-electron chi connectivity index (χ0n) is 7.67. The zero-order chi connectivity index (χ0) is 8.39. The summed E-state index contributed by atoms with van der Waals surface area (Å²) in [5.74, 6) is 1.54. The summed E-state index contributed by atoms with van der Waals surface area (Å²) in [5.41, 5.74) is 6.10. The lowest BCUT2D eigenvalue weighted by molar-refractivity contribution is 0.151. The van der Waals surface area contributed by atoms with Gasteiger partial charge in [0.25, 0.3) is 0 Å². The summed E-state index contributed by atoms with van der Waals surface area (Å²) in [5, 5.41) is 0. The van der Waals surface area contributed by atoms with E-state index in [9.17, 15) is 0 Å². The SMILES string of the molecule is NC1CCCCC1C1CCOC1. The van der Waals surface area contributed by atoms with Gasteiger partial charge in [0.1, 0.15) is 0 Å². The first kappa shape index (κ1) is 8.52. The highest BCUT2D eigenvalue weighted by Crippen LogP contribution is 2.33. The second-order valence-corrected chi connectivity index (χ2v) is 4.24. The summed E-state index contributed by atoms with van der Waals surface area (Å²) >= 11 is 0. The van der Waals surface area contributed by atoms with Gasteiger partial charge < -0.3 is 10.5 Å². The van der Waals surface area contributed by atoms with Crippen LogP contribution in [-0.2, 0) is 4.74 Å². The minimum absolute atomic E-state index is 0.463. The first-order chi connectivity index (χ1) is 5.88. The lowest BCUT2D eigenvalue weighted by Crippen LogP contribution is -2.37. The Hall–Kier alpha value is -0.0800. The summed E-state index contributed by atoms with van der Waals surface area (Å²) in [6.45, 7) is 1.94. The van der Waals surface area contributed by atoms with E-state index in [0.29, 0.717) is 6.04 Å². The molecule has 2 rings (SSSR count). The monoisotopic (exact) mass is 169 g/mol. The third-order valence-electron chi connectivity index (χ3n) is 3.45. The molecule has 3 unspecified atom stereocenters. The van der Waals surface area contributed by atoms with Crippen LogP contribution in [0.5, 0.6) is 0 Å². The van der Waals surface area contributed by atoms with Gasteiger partial charge in [-0.2, -0.15) is 0 Å². The Kier molecular flexibility index (Phi) is 2.66. The van der Waals surface area contributed by atoms with Gasteiger partial charge >= 0.3 is 0 Å². The standard InChI is InChI=1S/C10H19NO/c11-10-4-2-1-3-9(10)8-5-6-12-7-8/h8-10H,1-7,11H2. The van der Waals surface area contributed by atoms with E-state index in [1.807, 2.05) is 0 Å². The quantitative estimate of drug-likeness (QED) is 0.646. The Morgan fingerprint density at radius 2 is 1.92 bits per heavy atom. The van der Waals surface area contributed by atoms with Crippen LogP contribution in [0.3, 0.4) is 0 Å². The predicted octanol–water partition coefficient (Wildman–Crippen LogP) is 1.54. The number of nitrogens with two attached hydrogens (primary N) is 1. The molecule has 0 aromatic carbocycles. The molecule has 1 saturated heterocycles. The maximum atomic E-state index is 6.10. The van der Waals surface area contributed by atoms with Gasteiger partial charge in [0, 0.05) is 19.3 Å². The topological polar surface area (TPSA) is 35.2 Å². The van der Waals surface area contributed by atoms with Crippen molar-refractivity contribution in [3.8, 4) is 0 Å². The van der Waals surface area contributed by atoms with Gasteiger partial charge in [-0.25, -0.2) is 0 Å². The van der Waals surface area contributed by atoms with Gasteiger partial charge in [-0.15, -0.1) is 0 Å². The van der Waals surface area contributed by atoms with Crippen LogP contribution in [-0.4, -0.2) is 19.3 Å². The lowest BCUT2D eigenvalue weighted by atomic mass is 9.76. The van der Waals surface area contributed by atoms with Crippen molar-refractivity contribution < 1.29 is 4.74 Å². The molecule has 2 N–H and O–H groups in total. The molecule has 1 heterocycles. The average molecular weight is 169 g/mol. The first-order valence-electron chi connectivity index (χ1n) is 5.21. The van der Waals surface area contributed by atoms with E-state index in [2.05, 4.69) is 0 Å². The largest absolute Gasteiger partial charge is 0.381 e. The van der Waals surface area contributed by atoms with Crippen LogP contribution in [0.4, 0.5) is 0 Å². The summed E-state index contributed by atoms with van der Waals surface area (Å²) in [6.07, 6.45) is 6.55. The molecule has 0 aromatic rings. The van der Waals surface area contributed by atoms with Crippen molar-refractivity contribution in [2.75, 3.05) is 13.2 Å². The first-order valence-corrected chi connectivity index (χ1v) is 5.21. The van der Waals surface area contributed by atoms with Crippen molar-refractivity contribution in [2.24, 2.45) is 17.6 Å². The molecule has 0 bridgehead atoms. The minimum atomic E-state index is 0.463. The van der Waals surface area contributed by atoms with E-state index in [1.54, 1.807) is 0 Å². The molecule has 3 atom stereocenters. The fourth-order valence-electron chi connectivity index (χ4n) is 2.66. The molecule has 1 aliphatic carbocycles. The average Bonchev–Trinajstić information content (AvgIpc) is 2.57. The van der Waals surface area contributed by atoms with Crippen LogP contribution in [0, 0.1) is 11.8 Å². The van der Waals surface area contributed by atoms with Crippen LogP contribution in [0.25, 0.3) is 0 Å². The van der Waals surface area contributed by atoms with E-state index >= 15 is 0 Å². The third kappa shape index (κ3) is 1.64. The highest BCUT2D eigenvalue weighted by molar-refractivity contribution is 4.84. The highest BCUT2D eigenvalue weighted by Gasteiger charge is 2.31. The van der Waals surface area contributed by atoms with Gasteiger partial charge in [0.2, 0.25) is 0 Å². The molecule has 0 radical (unpaired) electrons. The van der Waals surface area contributed by atoms with Crippen LogP contribution in [0.2, 0.25) is 0 Å². The molecule has 12 heavy (non-hydrogen) atoms. The number of hydrogen-bond acceptors (Lipinski definition) is 2. The molecule has 2 nitrogen and oxygen atoms in total. The molecule has 2 fully saturated rings. The third-order valence-corrected chi connectivity index (χ3v) is 3.45. The lowest BCUT2D eigenvalue weighted by Gasteiger charge is -2.32. The van der Waals surface area contributed by atoms with E-state index < -0.39 is 0 Å². The fraction of sp³-hybridized carbons (Fsp3) is 1.00. The molecule has 2 heteroatoms. The number of hydrogen-bond donors (Lipinski definition) is 1. The van der Waals surface area contributed by atoms with Gasteiger partial charge in [-0.1, -0.05) is 12.8 Å². The molecule has 0 aromatic heterocycles. The molecule has 2 aliphatic rings. The molecule has 1 aliphatic heterocycles. The number of rotatable bonds is 1. The molecule has 0 spiro atoms. The Morgan fingerprint density at radius 1 is 1.08 bits per heavy atom. The summed E-state index contributed by atoms with van der Waals surface area (Å²) in [7, 11) is 0. The molecule has 70 valence electrons. The van der Waals surface area contributed by atoms with Crippen molar-refractivity contribution in [1.82, 2.24) is 0 Å². The Morgan fingerprint density at radius 3 is 2.58 bits per heavy atom. The smallest absolute Gasteiger partial charge is 0.0498 e. The van der Waals surface area contributed by atoms with Crippen LogP contribution >= 0.6 is 0 Å². The van der Waals surface area contributed by atoms with Crippen LogP contribution in [0.1, 0.15) is 32.1 Å². The Balaban J connectivity index is 1.91. The van der Waals surface area contributed by atoms with Crippen molar-refractivity contribution in [3.63, 3.8) is 0 Å². The van der Waals surface area contributed by atoms with Gasteiger partial charge in [-0.3, -0.25) is 0 Å². The van der Waals surface area contributed by atoms with Gasteiger partial charge in [0.05, 0.1) is 0 Å². The Bertz CT molecular complexity index is 143. The van der Waals surface area contributed by atoms with Crippen molar-refractivity contribution in [1.29, 1.82) is 0 Å². The molecule has 1 saturated carbocycles. The van der Waals surface area contributed by atoms with Crippen LogP contribution in [0.15, 0.2) is 0 Å². The van der Waals surface area contributed by atoms with E-state index in [1.165, 1.54) is 32.1 Å². The summed E-state index contributed by atoms with van der Waals surface area (Å²) < 4.78 is 5.40. The zero-order valence-corrected chi connectivity index (χ0v) is 7.67. The highest BCUT2D eigenvalue weighted by atomic mass is 16.5. The summed E-state index contributed by atoms with van der Waals surface area (Å²) in [4.78, 5) is 0. The van der Waals surface area contributed by atoms with Crippen molar-refractivity contribution in [3.05, 3.63) is 0 Å². The maximum Gasteiger partial charge on any atom is 0.0498 e. The van der Waals surface area contributed by atoms with E-state index in [4.69, 9.17) is 10.5 Å². The van der Waals surface area contributed by atoms with Crippen molar-refractivity contribution >= 4 is 0 Å². The fourth-order valence-corrected chi connectivity index (χ4v) is 2.66. The Labute approximate surface area is 74.5 Å². The van der Waals surface area contributed by atoms with E-state index in [-0.39, 0.29) is 0 Å². The molecular formula is C10H19NO. The van der Waals surface area contributed by atoms with Gasteiger partial charge in [-0.05, 0) is 31.1 Å². The van der Waals surface area contributed by atoms with Crippen molar-refractivity contribution in [2.45, 2.75) is 38.1 Å². The van der Waals surface area contributed by atoms with E-state index in [0.717, 1.165) is 25.0 Å². The maximum absolute atomic E-state index is 6.10. The molecule has 0 amide bonds. The van der Waals surface area contributed by atoms with Crippen LogP contribution < -0.4 is 5.73 Å².